The van der Waals surface area contributed by atoms with E-state index in [9.17, 15) is 25.2 Å². The van der Waals surface area contributed by atoms with Gasteiger partial charge in [0.2, 0.25) is 11.5 Å². The first kappa shape index (κ1) is 13.2. The zero-order chi connectivity index (χ0) is 15.6. The molecule has 0 bridgehead atoms. The minimum Gasteiger partial charge on any atom is -0.504 e. The molecule has 4 rings (SSSR count). The zero-order valence-corrected chi connectivity index (χ0v) is 11.5. The van der Waals surface area contributed by atoms with E-state index in [0.29, 0.717) is 5.56 Å². The number of hydrogen-bond donors (Lipinski definition) is 4. The van der Waals surface area contributed by atoms with Crippen molar-refractivity contribution in [2.24, 2.45) is 5.92 Å². The van der Waals surface area contributed by atoms with Crippen LogP contribution in [0.3, 0.4) is 0 Å². The van der Waals surface area contributed by atoms with Gasteiger partial charge in [-0.15, -0.1) is 0 Å². The van der Waals surface area contributed by atoms with Crippen molar-refractivity contribution in [3.63, 3.8) is 0 Å². The maximum atomic E-state index is 11.6. The number of aromatic hydroxyl groups is 2. The average Bonchev–Trinajstić information content (AvgIpc) is 2.75. The fourth-order valence-electron chi connectivity index (χ4n) is 3.77. The second-order valence-corrected chi connectivity index (χ2v) is 6.06. The average molecular weight is 302 g/mol. The fourth-order valence-corrected chi connectivity index (χ4v) is 3.77. The number of carbonyl (C=O) groups excluding carboxylic acids is 1. The lowest BCUT2D eigenvalue weighted by atomic mass is 9.77. The van der Waals surface area contributed by atoms with Crippen LogP contribution in [-0.4, -0.2) is 38.4 Å². The molecule has 1 fully saturated rings. The maximum absolute atomic E-state index is 11.6. The molecule has 0 amide bonds. The Morgan fingerprint density at radius 2 is 2.00 bits per heavy atom. The molecule has 1 aliphatic heterocycles. The number of carbonyl (C=O) groups is 1. The van der Waals surface area contributed by atoms with E-state index < -0.39 is 17.3 Å². The lowest BCUT2D eigenvalue weighted by Gasteiger charge is -2.37. The molecule has 0 radical (unpaired) electrons. The molecule has 1 aromatic rings. The van der Waals surface area contributed by atoms with Crippen molar-refractivity contribution < 1.29 is 30.0 Å². The lowest BCUT2D eigenvalue weighted by molar-refractivity contribution is -0.113. The molecular formula is C16H14O6. The number of benzene rings is 1. The van der Waals surface area contributed by atoms with E-state index in [1.165, 1.54) is 18.2 Å². The molecule has 2 aliphatic carbocycles. The summed E-state index contributed by atoms with van der Waals surface area (Å²) in [6, 6.07) is 2.92. The van der Waals surface area contributed by atoms with Crippen LogP contribution < -0.4 is 4.74 Å². The van der Waals surface area contributed by atoms with Crippen molar-refractivity contribution in [3.05, 3.63) is 41.2 Å². The Morgan fingerprint density at radius 3 is 2.77 bits per heavy atom. The van der Waals surface area contributed by atoms with Gasteiger partial charge < -0.3 is 25.2 Å². The Kier molecular flexibility index (Phi) is 2.43. The Bertz CT molecular complexity index is 762. The van der Waals surface area contributed by atoms with E-state index in [1.54, 1.807) is 6.07 Å². The van der Waals surface area contributed by atoms with Crippen molar-refractivity contribution >= 4 is 5.78 Å². The quantitative estimate of drug-likeness (QED) is 0.538. The SMILES string of the molecule is O=C1C=C2CC3(O)COc4c(ccc(O)c4O)C3C2C=C1O. The molecule has 22 heavy (non-hydrogen) atoms. The summed E-state index contributed by atoms with van der Waals surface area (Å²) in [6.07, 6.45) is 3.06. The number of ketones is 1. The van der Waals surface area contributed by atoms with E-state index in [-0.39, 0.29) is 42.0 Å². The summed E-state index contributed by atoms with van der Waals surface area (Å²) in [7, 11) is 0. The number of hydrogen-bond acceptors (Lipinski definition) is 6. The lowest BCUT2D eigenvalue weighted by Crippen LogP contribution is -2.43. The van der Waals surface area contributed by atoms with Gasteiger partial charge in [0.05, 0.1) is 0 Å². The minimum atomic E-state index is -1.21. The highest BCUT2D eigenvalue weighted by Gasteiger charge is 2.55. The molecule has 6 nitrogen and oxygen atoms in total. The van der Waals surface area contributed by atoms with Crippen molar-refractivity contribution in [2.45, 2.75) is 17.9 Å². The summed E-state index contributed by atoms with van der Waals surface area (Å²) >= 11 is 0. The van der Waals surface area contributed by atoms with E-state index in [1.807, 2.05) is 0 Å². The molecule has 6 heteroatoms. The second-order valence-electron chi connectivity index (χ2n) is 6.06. The highest BCUT2D eigenvalue weighted by molar-refractivity contribution is 6.03. The largest absolute Gasteiger partial charge is 0.504 e. The number of rotatable bonds is 0. The predicted octanol–water partition coefficient (Wildman–Crippen LogP) is 1.28. The van der Waals surface area contributed by atoms with E-state index in [0.717, 1.165) is 5.57 Å². The Labute approximate surface area is 125 Å². The van der Waals surface area contributed by atoms with Crippen LogP contribution >= 0.6 is 0 Å². The van der Waals surface area contributed by atoms with Crippen LogP contribution in [0.4, 0.5) is 0 Å². The summed E-state index contributed by atoms with van der Waals surface area (Å²) in [5.41, 5.74) is 0.0732. The fraction of sp³-hybridized carbons (Fsp3) is 0.312. The number of phenols is 2. The van der Waals surface area contributed by atoms with Crippen LogP contribution in [0.5, 0.6) is 17.2 Å². The molecule has 4 N–H and O–H groups in total. The van der Waals surface area contributed by atoms with Crippen molar-refractivity contribution in [1.82, 2.24) is 0 Å². The first-order valence-corrected chi connectivity index (χ1v) is 6.96. The van der Waals surface area contributed by atoms with Crippen molar-refractivity contribution in [3.8, 4) is 17.2 Å². The third kappa shape index (κ3) is 1.55. The molecule has 0 spiro atoms. The molecule has 0 saturated heterocycles. The second kappa shape index (κ2) is 4.04. The van der Waals surface area contributed by atoms with Gasteiger partial charge >= 0.3 is 0 Å². The van der Waals surface area contributed by atoms with Gasteiger partial charge in [0.1, 0.15) is 12.2 Å². The molecule has 3 aliphatic rings. The summed E-state index contributed by atoms with van der Waals surface area (Å²) in [5, 5.41) is 40.1. The minimum absolute atomic E-state index is 0.0572. The van der Waals surface area contributed by atoms with Gasteiger partial charge in [-0.2, -0.15) is 0 Å². The normalized spacial score (nSPS) is 32.3. The third-order valence-electron chi connectivity index (χ3n) is 4.72. The van der Waals surface area contributed by atoms with Gasteiger partial charge in [0.25, 0.3) is 0 Å². The Hall–Kier alpha value is -2.47. The van der Waals surface area contributed by atoms with E-state index >= 15 is 0 Å². The van der Waals surface area contributed by atoms with Crippen molar-refractivity contribution in [1.29, 1.82) is 0 Å². The van der Waals surface area contributed by atoms with Crippen LogP contribution in [0.15, 0.2) is 35.6 Å². The molecule has 1 heterocycles. The van der Waals surface area contributed by atoms with Gasteiger partial charge in [0, 0.05) is 23.8 Å². The van der Waals surface area contributed by atoms with Crippen molar-refractivity contribution in [2.75, 3.05) is 6.61 Å². The predicted molar refractivity (Wildman–Crippen MR) is 74.9 cm³/mol. The Morgan fingerprint density at radius 1 is 1.23 bits per heavy atom. The first-order valence-electron chi connectivity index (χ1n) is 6.96. The van der Waals surface area contributed by atoms with Crippen LogP contribution in [-0.2, 0) is 4.79 Å². The smallest absolute Gasteiger partial charge is 0.219 e. The number of fused-ring (bicyclic) bond motifs is 5. The van der Waals surface area contributed by atoms with Gasteiger partial charge in [0.15, 0.2) is 17.3 Å². The third-order valence-corrected chi connectivity index (χ3v) is 4.72. The molecule has 1 saturated carbocycles. The van der Waals surface area contributed by atoms with Crippen LogP contribution in [0, 0.1) is 5.92 Å². The summed E-state index contributed by atoms with van der Waals surface area (Å²) < 4.78 is 5.46. The molecule has 3 atom stereocenters. The summed E-state index contributed by atoms with van der Waals surface area (Å²) in [4.78, 5) is 11.6. The van der Waals surface area contributed by atoms with E-state index in [2.05, 4.69) is 0 Å². The van der Waals surface area contributed by atoms with Gasteiger partial charge in [-0.1, -0.05) is 11.6 Å². The van der Waals surface area contributed by atoms with Gasteiger partial charge in [-0.25, -0.2) is 0 Å². The van der Waals surface area contributed by atoms with Gasteiger partial charge in [-0.05, 0) is 18.2 Å². The topological polar surface area (TPSA) is 107 Å². The standard InChI is InChI=1S/C16H14O6/c17-10-2-1-8-13-9-4-12(19)11(18)3-7(9)5-16(13,21)6-22-15(8)14(10)20/h1-4,9,13,17,19-21H,5-6H2. The summed E-state index contributed by atoms with van der Waals surface area (Å²) in [6.45, 7) is -0.0572. The molecule has 114 valence electrons. The van der Waals surface area contributed by atoms with Crippen LogP contribution in [0.2, 0.25) is 0 Å². The first-order chi connectivity index (χ1) is 10.4. The zero-order valence-electron chi connectivity index (χ0n) is 11.5. The highest BCUT2D eigenvalue weighted by atomic mass is 16.5. The van der Waals surface area contributed by atoms with Gasteiger partial charge in [-0.3, -0.25) is 4.79 Å². The number of aliphatic hydroxyl groups is 2. The molecule has 1 aromatic carbocycles. The summed E-state index contributed by atoms with van der Waals surface area (Å²) in [5.74, 6) is -2.12. The Balaban J connectivity index is 1.90. The highest BCUT2D eigenvalue weighted by Crippen LogP contribution is 2.58. The molecular weight excluding hydrogens is 288 g/mol. The molecule has 0 aromatic heterocycles. The number of phenolic OH excluding ortho intramolecular Hbond substituents is 2. The molecule has 3 unspecified atom stereocenters. The van der Waals surface area contributed by atoms with Crippen LogP contribution in [0.1, 0.15) is 17.9 Å². The van der Waals surface area contributed by atoms with Crippen LogP contribution in [0.25, 0.3) is 0 Å². The maximum Gasteiger partial charge on any atom is 0.219 e. The number of aliphatic hydroxyl groups excluding tert-OH is 1. The number of allylic oxidation sites excluding steroid dienone is 2. The monoisotopic (exact) mass is 302 g/mol. The van der Waals surface area contributed by atoms with E-state index in [4.69, 9.17) is 4.74 Å². The number of ether oxygens (including phenoxy) is 1.